The standard InChI is InChI=1S/C22H27NO12/c1-11(25)30-10-17-18(31-12(2)26)19(32-13(3)27)20(33-14(4)28)21(34-17)35-22(29)23-16-7-5-15(9-24)6-8-16/h5-8,17-21,24H,9-10H2,1-4H3,(H,23,29)/t17-,18-,19+,20-,21+/m1/s1. The molecule has 5 atom stereocenters. The molecule has 1 aliphatic heterocycles. The van der Waals surface area contributed by atoms with E-state index < -0.39 is 67.3 Å². The molecule has 2 N–H and O–H groups in total. The Balaban J connectivity index is 2.33. The van der Waals surface area contributed by atoms with E-state index in [-0.39, 0.29) is 6.61 Å². The number of aliphatic hydroxyl groups is 1. The summed E-state index contributed by atoms with van der Waals surface area (Å²) >= 11 is 0. The molecule has 0 unspecified atom stereocenters. The molecule has 0 saturated carbocycles. The van der Waals surface area contributed by atoms with Gasteiger partial charge >= 0.3 is 30.0 Å². The molecule has 0 spiro atoms. The first kappa shape index (κ1) is 27.5. The molecule has 35 heavy (non-hydrogen) atoms. The molecule has 13 nitrogen and oxygen atoms in total. The van der Waals surface area contributed by atoms with E-state index in [9.17, 15) is 24.0 Å². The summed E-state index contributed by atoms with van der Waals surface area (Å²) in [5.74, 6) is -3.11. The van der Waals surface area contributed by atoms with Gasteiger partial charge < -0.3 is 33.5 Å². The Kier molecular flexibility index (Phi) is 9.97. The molecular formula is C22H27NO12. The fourth-order valence-corrected chi connectivity index (χ4v) is 3.23. The molecule has 1 amide bonds. The molecule has 1 aromatic rings. The van der Waals surface area contributed by atoms with Crippen molar-refractivity contribution in [2.75, 3.05) is 11.9 Å². The van der Waals surface area contributed by atoms with Crippen molar-refractivity contribution in [1.82, 2.24) is 0 Å². The lowest BCUT2D eigenvalue weighted by molar-refractivity contribution is -0.293. The number of benzene rings is 1. The van der Waals surface area contributed by atoms with Gasteiger partial charge in [-0.1, -0.05) is 12.1 Å². The molecule has 1 aliphatic rings. The first-order chi connectivity index (χ1) is 16.5. The molecule has 1 fully saturated rings. The number of aliphatic hydroxyl groups excluding tert-OH is 1. The van der Waals surface area contributed by atoms with Crippen molar-refractivity contribution < 1.29 is 57.5 Å². The molecule has 2 rings (SSSR count). The highest BCUT2D eigenvalue weighted by atomic mass is 16.8. The summed E-state index contributed by atoms with van der Waals surface area (Å²) < 4.78 is 31.6. The van der Waals surface area contributed by atoms with Gasteiger partial charge in [-0.05, 0) is 17.7 Å². The first-order valence-corrected chi connectivity index (χ1v) is 10.5. The molecule has 0 radical (unpaired) electrons. The zero-order chi connectivity index (χ0) is 26.1. The highest BCUT2D eigenvalue weighted by Gasteiger charge is 2.53. The van der Waals surface area contributed by atoms with Crippen LogP contribution in [0.2, 0.25) is 0 Å². The normalized spacial score (nSPS) is 23.4. The fourth-order valence-electron chi connectivity index (χ4n) is 3.23. The molecule has 0 aliphatic carbocycles. The second-order valence-electron chi connectivity index (χ2n) is 7.45. The largest absolute Gasteiger partial charge is 0.463 e. The molecule has 1 aromatic carbocycles. The number of ether oxygens (including phenoxy) is 6. The summed E-state index contributed by atoms with van der Waals surface area (Å²) in [5.41, 5.74) is 0.932. The Morgan fingerprint density at radius 3 is 1.86 bits per heavy atom. The number of amides is 1. The van der Waals surface area contributed by atoms with Crippen molar-refractivity contribution in [2.45, 2.75) is 65.0 Å². The molecule has 192 valence electrons. The van der Waals surface area contributed by atoms with Gasteiger partial charge in [-0.3, -0.25) is 24.5 Å². The van der Waals surface area contributed by atoms with E-state index in [1.165, 1.54) is 12.1 Å². The van der Waals surface area contributed by atoms with Gasteiger partial charge in [0.25, 0.3) is 0 Å². The fraction of sp³-hybridized carbons (Fsp3) is 0.500. The third-order valence-corrected chi connectivity index (χ3v) is 4.55. The monoisotopic (exact) mass is 497 g/mol. The Morgan fingerprint density at radius 2 is 1.34 bits per heavy atom. The number of nitrogens with one attached hydrogen (secondary N) is 1. The van der Waals surface area contributed by atoms with E-state index in [4.69, 9.17) is 33.5 Å². The minimum atomic E-state index is -1.65. The number of carbonyl (C=O) groups is 5. The Bertz CT molecular complexity index is 931. The zero-order valence-electron chi connectivity index (χ0n) is 19.5. The Hall–Kier alpha value is -3.71. The average molecular weight is 497 g/mol. The van der Waals surface area contributed by atoms with Gasteiger partial charge in [0.1, 0.15) is 12.7 Å². The summed E-state index contributed by atoms with van der Waals surface area (Å²) in [5, 5.41) is 11.6. The lowest BCUT2D eigenvalue weighted by Gasteiger charge is -2.43. The average Bonchev–Trinajstić information content (AvgIpc) is 2.76. The van der Waals surface area contributed by atoms with Gasteiger partial charge in [0.05, 0.1) is 6.61 Å². The predicted octanol–water partition coefficient (Wildman–Crippen LogP) is 0.810. The van der Waals surface area contributed by atoms with Crippen molar-refractivity contribution in [3.8, 4) is 0 Å². The van der Waals surface area contributed by atoms with Gasteiger partial charge in [-0.15, -0.1) is 0 Å². The topological polar surface area (TPSA) is 173 Å². The van der Waals surface area contributed by atoms with Crippen molar-refractivity contribution in [3.63, 3.8) is 0 Å². The van der Waals surface area contributed by atoms with Gasteiger partial charge in [0, 0.05) is 33.4 Å². The third kappa shape index (κ3) is 8.54. The van der Waals surface area contributed by atoms with Crippen molar-refractivity contribution in [3.05, 3.63) is 29.8 Å². The van der Waals surface area contributed by atoms with Crippen LogP contribution in [0.15, 0.2) is 24.3 Å². The van der Waals surface area contributed by atoms with Crippen LogP contribution in [0.4, 0.5) is 10.5 Å². The van der Waals surface area contributed by atoms with Crippen molar-refractivity contribution in [2.24, 2.45) is 0 Å². The van der Waals surface area contributed by atoms with Crippen LogP contribution in [0.3, 0.4) is 0 Å². The summed E-state index contributed by atoms with van der Waals surface area (Å²) in [4.78, 5) is 59.2. The number of anilines is 1. The minimum Gasteiger partial charge on any atom is -0.463 e. The number of hydrogen-bond donors (Lipinski definition) is 2. The molecular weight excluding hydrogens is 470 g/mol. The van der Waals surface area contributed by atoms with E-state index in [0.29, 0.717) is 11.3 Å². The van der Waals surface area contributed by atoms with Crippen LogP contribution >= 0.6 is 0 Å². The van der Waals surface area contributed by atoms with Crippen LogP contribution in [0, 0.1) is 0 Å². The van der Waals surface area contributed by atoms with Crippen LogP contribution in [-0.2, 0) is 54.2 Å². The van der Waals surface area contributed by atoms with Gasteiger partial charge in [-0.2, -0.15) is 0 Å². The van der Waals surface area contributed by atoms with E-state index in [0.717, 1.165) is 27.7 Å². The molecule has 1 heterocycles. The minimum absolute atomic E-state index is 0.185. The number of rotatable bonds is 8. The smallest absolute Gasteiger partial charge is 0.414 e. The van der Waals surface area contributed by atoms with Gasteiger partial charge in [0.15, 0.2) is 12.2 Å². The van der Waals surface area contributed by atoms with E-state index in [1.807, 2.05) is 0 Å². The number of hydrogen-bond acceptors (Lipinski definition) is 12. The molecule has 0 aromatic heterocycles. The van der Waals surface area contributed by atoms with Gasteiger partial charge in [-0.25, -0.2) is 4.79 Å². The molecule has 0 bridgehead atoms. The summed E-state index contributed by atoms with van der Waals surface area (Å²) in [6.07, 6.45) is -8.28. The second-order valence-corrected chi connectivity index (χ2v) is 7.45. The van der Waals surface area contributed by atoms with Crippen molar-refractivity contribution >= 4 is 35.7 Å². The van der Waals surface area contributed by atoms with Crippen LogP contribution in [0.5, 0.6) is 0 Å². The van der Waals surface area contributed by atoms with Crippen molar-refractivity contribution in [1.29, 1.82) is 0 Å². The highest BCUT2D eigenvalue weighted by molar-refractivity contribution is 5.84. The lowest BCUT2D eigenvalue weighted by atomic mass is 9.98. The molecule has 1 saturated heterocycles. The maximum absolute atomic E-state index is 12.5. The van der Waals surface area contributed by atoms with Crippen LogP contribution in [0.1, 0.15) is 33.3 Å². The number of carbonyl (C=O) groups excluding carboxylic acids is 5. The second kappa shape index (κ2) is 12.7. The maximum atomic E-state index is 12.5. The maximum Gasteiger partial charge on any atom is 0.414 e. The van der Waals surface area contributed by atoms with Crippen LogP contribution < -0.4 is 5.32 Å². The lowest BCUT2D eigenvalue weighted by Crippen LogP contribution is -2.63. The van der Waals surface area contributed by atoms with Crippen LogP contribution in [-0.4, -0.2) is 72.4 Å². The number of esters is 4. The Morgan fingerprint density at radius 1 is 0.800 bits per heavy atom. The summed E-state index contributed by atoms with van der Waals surface area (Å²) in [6.45, 7) is 3.73. The van der Waals surface area contributed by atoms with E-state index >= 15 is 0 Å². The third-order valence-electron chi connectivity index (χ3n) is 4.55. The predicted molar refractivity (Wildman–Crippen MR) is 114 cm³/mol. The quantitative estimate of drug-likeness (QED) is 0.383. The zero-order valence-corrected chi connectivity index (χ0v) is 19.5. The Labute approximate surface area is 200 Å². The van der Waals surface area contributed by atoms with Gasteiger partial charge in [0.2, 0.25) is 12.4 Å². The van der Waals surface area contributed by atoms with E-state index in [1.54, 1.807) is 12.1 Å². The highest BCUT2D eigenvalue weighted by Crippen LogP contribution is 2.30. The SMILES string of the molecule is CC(=O)OC[C@H]1O[C@@H](OC(=O)Nc2ccc(CO)cc2)[C@H](OC(C)=O)[C@@H](OC(C)=O)[C@@H]1OC(C)=O. The van der Waals surface area contributed by atoms with E-state index in [2.05, 4.69) is 5.32 Å². The molecule has 13 heteroatoms. The summed E-state index contributed by atoms with van der Waals surface area (Å²) in [7, 11) is 0. The summed E-state index contributed by atoms with van der Waals surface area (Å²) in [6, 6.07) is 6.17. The van der Waals surface area contributed by atoms with Crippen LogP contribution in [0.25, 0.3) is 0 Å². The first-order valence-electron chi connectivity index (χ1n) is 10.5.